The number of hydrogen-bond donors (Lipinski definition) is 1. The van der Waals surface area contributed by atoms with Crippen LogP contribution in [0, 0.1) is 0 Å². The average Bonchev–Trinajstić information content (AvgIpc) is 2.40. The van der Waals surface area contributed by atoms with E-state index in [4.69, 9.17) is 4.74 Å². The third kappa shape index (κ3) is 8.93. The van der Waals surface area contributed by atoms with Crippen LogP contribution in [0.3, 0.4) is 0 Å². The first-order chi connectivity index (χ1) is 8.79. The van der Waals surface area contributed by atoms with Crippen molar-refractivity contribution in [3.63, 3.8) is 0 Å². The smallest absolute Gasteiger partial charge is 0.0725 e. The lowest BCUT2D eigenvalue weighted by atomic mass is 10.0. The Balaban J connectivity index is 3.59. The molecule has 0 aromatic rings. The third-order valence-corrected chi connectivity index (χ3v) is 3.72. The highest BCUT2D eigenvalue weighted by molar-refractivity contribution is 4.74. The van der Waals surface area contributed by atoms with Crippen molar-refractivity contribution >= 4 is 0 Å². The molecule has 0 rings (SSSR count). The van der Waals surface area contributed by atoms with Crippen LogP contribution < -0.4 is 5.32 Å². The summed E-state index contributed by atoms with van der Waals surface area (Å²) in [6.07, 6.45) is 12.4. The van der Waals surface area contributed by atoms with Crippen LogP contribution in [-0.2, 0) is 4.74 Å². The van der Waals surface area contributed by atoms with E-state index in [1.165, 1.54) is 51.4 Å². The minimum Gasteiger partial charge on any atom is -0.377 e. The second kappa shape index (κ2) is 13.4. The van der Waals surface area contributed by atoms with Crippen LogP contribution in [0.15, 0.2) is 0 Å². The lowest BCUT2D eigenvalue weighted by molar-refractivity contribution is 0.0310. The standard InChI is InChI=1S/C16H35NO/c1-5-8-9-10-11-12-13-14-15(17-4)16(6-2)18-7-3/h15-17H,5-14H2,1-4H3. The van der Waals surface area contributed by atoms with Gasteiger partial charge < -0.3 is 10.1 Å². The van der Waals surface area contributed by atoms with Gasteiger partial charge >= 0.3 is 0 Å². The average molecular weight is 257 g/mol. The highest BCUT2D eigenvalue weighted by atomic mass is 16.5. The Kier molecular flexibility index (Phi) is 13.3. The number of unbranched alkanes of at least 4 members (excludes halogenated alkanes) is 6. The lowest BCUT2D eigenvalue weighted by Gasteiger charge is -2.25. The molecule has 0 heterocycles. The van der Waals surface area contributed by atoms with Gasteiger partial charge in [0.25, 0.3) is 0 Å². The number of ether oxygens (including phenoxy) is 1. The Morgan fingerprint density at radius 1 is 0.889 bits per heavy atom. The Labute approximate surface area is 115 Å². The molecule has 0 radical (unpaired) electrons. The zero-order valence-electron chi connectivity index (χ0n) is 13.1. The van der Waals surface area contributed by atoms with E-state index in [2.05, 4.69) is 33.1 Å². The van der Waals surface area contributed by atoms with E-state index >= 15 is 0 Å². The fourth-order valence-corrected chi connectivity index (χ4v) is 2.57. The molecule has 18 heavy (non-hydrogen) atoms. The molecule has 0 aromatic carbocycles. The molecule has 0 saturated heterocycles. The first-order valence-electron chi connectivity index (χ1n) is 8.08. The van der Waals surface area contributed by atoms with Crippen LogP contribution in [0.1, 0.15) is 78.6 Å². The molecule has 0 spiro atoms. The quantitative estimate of drug-likeness (QED) is 0.489. The molecule has 2 heteroatoms. The van der Waals surface area contributed by atoms with Crippen molar-refractivity contribution in [1.29, 1.82) is 0 Å². The van der Waals surface area contributed by atoms with E-state index in [9.17, 15) is 0 Å². The fourth-order valence-electron chi connectivity index (χ4n) is 2.57. The molecule has 2 unspecified atom stereocenters. The monoisotopic (exact) mass is 257 g/mol. The van der Waals surface area contributed by atoms with Gasteiger partial charge in [0.1, 0.15) is 0 Å². The summed E-state index contributed by atoms with van der Waals surface area (Å²) in [6.45, 7) is 7.41. The highest BCUT2D eigenvalue weighted by Crippen LogP contribution is 2.14. The van der Waals surface area contributed by atoms with E-state index in [-0.39, 0.29) is 0 Å². The Morgan fingerprint density at radius 2 is 1.50 bits per heavy atom. The van der Waals surface area contributed by atoms with Gasteiger partial charge in [-0.05, 0) is 26.8 Å². The molecule has 0 bridgehead atoms. The van der Waals surface area contributed by atoms with Gasteiger partial charge in [-0.25, -0.2) is 0 Å². The van der Waals surface area contributed by atoms with Gasteiger partial charge in [0.2, 0.25) is 0 Å². The van der Waals surface area contributed by atoms with Gasteiger partial charge in [0.05, 0.1) is 6.10 Å². The van der Waals surface area contributed by atoms with Crippen molar-refractivity contribution in [1.82, 2.24) is 5.32 Å². The minimum atomic E-state index is 0.389. The van der Waals surface area contributed by atoms with Crippen molar-refractivity contribution in [2.75, 3.05) is 13.7 Å². The molecule has 1 N–H and O–H groups in total. The molecule has 0 fully saturated rings. The van der Waals surface area contributed by atoms with Crippen LogP contribution in [0.2, 0.25) is 0 Å². The van der Waals surface area contributed by atoms with Gasteiger partial charge in [0, 0.05) is 12.6 Å². The molecule has 0 aliphatic rings. The van der Waals surface area contributed by atoms with Gasteiger partial charge in [0.15, 0.2) is 0 Å². The summed E-state index contributed by atoms with van der Waals surface area (Å²) in [5.74, 6) is 0. The largest absolute Gasteiger partial charge is 0.377 e. The summed E-state index contributed by atoms with van der Waals surface area (Å²) in [7, 11) is 2.06. The maximum atomic E-state index is 5.79. The van der Waals surface area contributed by atoms with E-state index in [1.807, 2.05) is 0 Å². The molecular weight excluding hydrogens is 222 g/mol. The first-order valence-corrected chi connectivity index (χ1v) is 8.08. The summed E-state index contributed by atoms with van der Waals surface area (Å²) in [5, 5.41) is 3.42. The van der Waals surface area contributed by atoms with E-state index in [0.717, 1.165) is 13.0 Å². The zero-order chi connectivity index (χ0) is 13.6. The molecule has 2 atom stereocenters. The first kappa shape index (κ1) is 17.9. The molecule has 110 valence electrons. The van der Waals surface area contributed by atoms with Gasteiger partial charge in [-0.2, -0.15) is 0 Å². The van der Waals surface area contributed by atoms with Crippen LogP contribution in [0.25, 0.3) is 0 Å². The summed E-state index contributed by atoms with van der Waals surface area (Å²) in [4.78, 5) is 0. The fraction of sp³-hybridized carbons (Fsp3) is 1.00. The van der Waals surface area contributed by atoms with E-state index in [1.54, 1.807) is 0 Å². The SMILES string of the molecule is CCCCCCCCCC(NC)C(CC)OCC. The Hall–Kier alpha value is -0.0800. The van der Waals surface area contributed by atoms with Crippen molar-refractivity contribution in [3.05, 3.63) is 0 Å². The molecular formula is C16H35NO. The zero-order valence-corrected chi connectivity index (χ0v) is 13.1. The summed E-state index contributed by atoms with van der Waals surface area (Å²) < 4.78 is 5.79. The van der Waals surface area contributed by atoms with Gasteiger partial charge in [-0.1, -0.05) is 58.8 Å². The van der Waals surface area contributed by atoms with E-state index < -0.39 is 0 Å². The maximum absolute atomic E-state index is 5.79. The number of hydrogen-bond acceptors (Lipinski definition) is 2. The normalized spacial score (nSPS) is 14.7. The predicted octanol–water partition coefficient (Wildman–Crippen LogP) is 4.53. The Morgan fingerprint density at radius 3 is 2.00 bits per heavy atom. The lowest BCUT2D eigenvalue weighted by Crippen LogP contribution is -2.39. The second-order valence-corrected chi connectivity index (χ2v) is 5.21. The summed E-state index contributed by atoms with van der Waals surface area (Å²) in [6, 6.07) is 0.533. The molecule has 0 saturated carbocycles. The van der Waals surface area contributed by atoms with Crippen molar-refractivity contribution in [3.8, 4) is 0 Å². The van der Waals surface area contributed by atoms with Crippen LogP contribution in [0.4, 0.5) is 0 Å². The summed E-state index contributed by atoms with van der Waals surface area (Å²) >= 11 is 0. The minimum absolute atomic E-state index is 0.389. The Bertz CT molecular complexity index is 161. The third-order valence-electron chi connectivity index (χ3n) is 3.72. The molecule has 0 aliphatic heterocycles. The summed E-state index contributed by atoms with van der Waals surface area (Å²) in [5.41, 5.74) is 0. The number of rotatable bonds is 13. The topological polar surface area (TPSA) is 21.3 Å². The predicted molar refractivity (Wildman–Crippen MR) is 81.2 cm³/mol. The second-order valence-electron chi connectivity index (χ2n) is 5.21. The van der Waals surface area contributed by atoms with Crippen LogP contribution in [-0.4, -0.2) is 25.8 Å². The van der Waals surface area contributed by atoms with Gasteiger partial charge in [-0.15, -0.1) is 0 Å². The van der Waals surface area contributed by atoms with Crippen molar-refractivity contribution < 1.29 is 4.74 Å². The molecule has 2 nitrogen and oxygen atoms in total. The van der Waals surface area contributed by atoms with Crippen LogP contribution >= 0.6 is 0 Å². The van der Waals surface area contributed by atoms with Crippen molar-refractivity contribution in [2.24, 2.45) is 0 Å². The highest BCUT2D eigenvalue weighted by Gasteiger charge is 2.17. The van der Waals surface area contributed by atoms with Crippen molar-refractivity contribution in [2.45, 2.75) is 90.7 Å². The maximum Gasteiger partial charge on any atom is 0.0725 e. The number of likely N-dealkylation sites (N-methyl/N-ethyl adjacent to an activating group) is 1. The van der Waals surface area contributed by atoms with E-state index in [0.29, 0.717) is 12.1 Å². The van der Waals surface area contributed by atoms with Crippen LogP contribution in [0.5, 0.6) is 0 Å². The molecule has 0 aliphatic carbocycles. The number of nitrogens with one attached hydrogen (secondary N) is 1. The van der Waals surface area contributed by atoms with Gasteiger partial charge in [-0.3, -0.25) is 0 Å². The molecule has 0 aromatic heterocycles. The molecule has 0 amide bonds.